The first-order chi connectivity index (χ1) is 8.06. The lowest BCUT2D eigenvalue weighted by Gasteiger charge is -2.11. The molecule has 2 aromatic rings. The largest absolute Gasteiger partial charge is 0.322 e. The molecule has 0 aliphatic heterocycles. The van der Waals surface area contributed by atoms with Crippen LogP contribution in [0, 0.1) is 6.92 Å². The normalized spacial score (nSPS) is 12.7. The standard InChI is InChI=1S/C11H11Br2N3S/c1-6-16-8(5-17-6)3-10(14)11-9(13)2-7(12)4-15-11/h2,4-5,10H,3,14H2,1H3. The average Bonchev–Trinajstić information content (AvgIpc) is 2.63. The Morgan fingerprint density at radius 1 is 1.47 bits per heavy atom. The maximum absolute atomic E-state index is 6.14. The Morgan fingerprint density at radius 2 is 2.24 bits per heavy atom. The van der Waals surface area contributed by atoms with Gasteiger partial charge in [0.05, 0.1) is 22.4 Å². The van der Waals surface area contributed by atoms with Crippen molar-refractivity contribution in [2.24, 2.45) is 5.73 Å². The van der Waals surface area contributed by atoms with Gasteiger partial charge in [0.25, 0.3) is 0 Å². The van der Waals surface area contributed by atoms with Gasteiger partial charge in [-0.3, -0.25) is 4.98 Å². The van der Waals surface area contributed by atoms with Crippen molar-refractivity contribution >= 4 is 43.2 Å². The highest BCUT2D eigenvalue weighted by atomic mass is 79.9. The van der Waals surface area contributed by atoms with Crippen LogP contribution in [0.1, 0.15) is 22.4 Å². The van der Waals surface area contributed by atoms with Gasteiger partial charge in [-0.1, -0.05) is 0 Å². The fraction of sp³-hybridized carbons (Fsp3) is 0.273. The van der Waals surface area contributed by atoms with E-state index in [9.17, 15) is 0 Å². The molecule has 0 bridgehead atoms. The van der Waals surface area contributed by atoms with Gasteiger partial charge < -0.3 is 5.73 Å². The van der Waals surface area contributed by atoms with E-state index in [2.05, 4.69) is 41.8 Å². The first-order valence-electron chi connectivity index (χ1n) is 5.04. The molecule has 6 heteroatoms. The van der Waals surface area contributed by atoms with E-state index >= 15 is 0 Å². The Hall–Kier alpha value is -0.300. The van der Waals surface area contributed by atoms with Gasteiger partial charge in [0.1, 0.15) is 0 Å². The molecule has 90 valence electrons. The molecule has 0 saturated heterocycles. The highest BCUT2D eigenvalue weighted by Crippen LogP contribution is 2.25. The lowest BCUT2D eigenvalue weighted by Crippen LogP contribution is -2.15. The number of hydrogen-bond acceptors (Lipinski definition) is 4. The van der Waals surface area contributed by atoms with Crippen LogP contribution in [0.25, 0.3) is 0 Å². The van der Waals surface area contributed by atoms with Gasteiger partial charge in [-0.25, -0.2) is 4.98 Å². The number of aromatic nitrogens is 2. The highest BCUT2D eigenvalue weighted by Gasteiger charge is 2.14. The Labute approximate surface area is 121 Å². The monoisotopic (exact) mass is 375 g/mol. The minimum atomic E-state index is -0.140. The summed E-state index contributed by atoms with van der Waals surface area (Å²) in [5.74, 6) is 0. The Morgan fingerprint density at radius 3 is 2.82 bits per heavy atom. The number of pyridine rings is 1. The predicted molar refractivity (Wildman–Crippen MR) is 77.1 cm³/mol. The van der Waals surface area contributed by atoms with Crippen LogP contribution in [0.2, 0.25) is 0 Å². The zero-order chi connectivity index (χ0) is 12.4. The summed E-state index contributed by atoms with van der Waals surface area (Å²) in [6.07, 6.45) is 2.46. The molecule has 2 heterocycles. The lowest BCUT2D eigenvalue weighted by atomic mass is 10.1. The van der Waals surface area contributed by atoms with Crippen LogP contribution >= 0.6 is 43.2 Å². The molecule has 3 nitrogen and oxygen atoms in total. The van der Waals surface area contributed by atoms with Crippen LogP contribution in [0.15, 0.2) is 26.6 Å². The molecular formula is C11H11Br2N3S. The third kappa shape index (κ3) is 3.34. The van der Waals surface area contributed by atoms with Crippen molar-refractivity contribution in [3.63, 3.8) is 0 Å². The second kappa shape index (κ2) is 5.56. The lowest BCUT2D eigenvalue weighted by molar-refractivity contribution is 0.681. The van der Waals surface area contributed by atoms with E-state index in [1.807, 2.05) is 18.4 Å². The number of hydrogen-bond donors (Lipinski definition) is 1. The summed E-state index contributed by atoms with van der Waals surface area (Å²) in [6.45, 7) is 1.99. The number of thiazole rings is 1. The molecule has 0 saturated carbocycles. The predicted octanol–water partition coefficient (Wildman–Crippen LogP) is 3.61. The summed E-state index contributed by atoms with van der Waals surface area (Å²) in [6, 6.07) is 1.81. The summed E-state index contributed by atoms with van der Waals surface area (Å²) in [4.78, 5) is 8.75. The molecule has 2 aromatic heterocycles. The summed E-state index contributed by atoms with van der Waals surface area (Å²) in [5.41, 5.74) is 8.03. The van der Waals surface area contributed by atoms with Crippen molar-refractivity contribution < 1.29 is 0 Å². The molecule has 17 heavy (non-hydrogen) atoms. The molecule has 1 unspecified atom stereocenters. The van der Waals surface area contributed by atoms with Crippen molar-refractivity contribution in [2.75, 3.05) is 0 Å². The zero-order valence-electron chi connectivity index (χ0n) is 9.15. The maximum Gasteiger partial charge on any atom is 0.0897 e. The van der Waals surface area contributed by atoms with Crippen molar-refractivity contribution in [1.82, 2.24) is 9.97 Å². The molecule has 0 spiro atoms. The number of halogens is 2. The molecule has 0 aromatic carbocycles. The summed E-state index contributed by atoms with van der Waals surface area (Å²) >= 11 is 8.49. The number of nitrogens with zero attached hydrogens (tertiary/aromatic N) is 2. The van der Waals surface area contributed by atoms with E-state index in [1.54, 1.807) is 17.5 Å². The van der Waals surface area contributed by atoms with E-state index in [0.717, 1.165) is 25.3 Å². The molecule has 2 N–H and O–H groups in total. The van der Waals surface area contributed by atoms with E-state index < -0.39 is 0 Å². The van der Waals surface area contributed by atoms with Crippen LogP contribution in [-0.2, 0) is 6.42 Å². The van der Waals surface area contributed by atoms with Crippen LogP contribution in [0.3, 0.4) is 0 Å². The van der Waals surface area contributed by atoms with Gasteiger partial charge in [0, 0.05) is 26.9 Å². The molecule has 1 atom stereocenters. The Bertz CT molecular complexity index is 527. The first kappa shape index (κ1) is 13.1. The first-order valence-corrected chi connectivity index (χ1v) is 7.50. The second-order valence-corrected chi connectivity index (χ2v) is 6.52. The molecule has 2 rings (SSSR count). The molecule has 0 aliphatic rings. The van der Waals surface area contributed by atoms with Crippen molar-refractivity contribution in [1.29, 1.82) is 0 Å². The third-order valence-corrected chi connectivity index (χ3v) is 4.17. The molecule has 0 radical (unpaired) electrons. The van der Waals surface area contributed by atoms with E-state index in [1.165, 1.54) is 0 Å². The van der Waals surface area contributed by atoms with Gasteiger partial charge in [0.15, 0.2) is 0 Å². The number of rotatable bonds is 3. The van der Waals surface area contributed by atoms with Gasteiger partial charge in [-0.15, -0.1) is 11.3 Å². The summed E-state index contributed by atoms with van der Waals surface area (Å²) in [7, 11) is 0. The van der Waals surface area contributed by atoms with Gasteiger partial charge in [-0.05, 0) is 44.8 Å². The number of aryl methyl sites for hydroxylation is 1. The van der Waals surface area contributed by atoms with Gasteiger partial charge >= 0.3 is 0 Å². The quantitative estimate of drug-likeness (QED) is 0.889. The van der Waals surface area contributed by atoms with Crippen molar-refractivity contribution in [2.45, 2.75) is 19.4 Å². The fourth-order valence-corrected chi connectivity index (χ4v) is 3.43. The van der Waals surface area contributed by atoms with Crippen LogP contribution in [-0.4, -0.2) is 9.97 Å². The van der Waals surface area contributed by atoms with E-state index in [-0.39, 0.29) is 6.04 Å². The molecule has 0 aliphatic carbocycles. The van der Waals surface area contributed by atoms with E-state index in [4.69, 9.17) is 5.73 Å². The number of nitrogens with two attached hydrogens (primary N) is 1. The highest BCUT2D eigenvalue weighted by molar-refractivity contribution is 9.11. The van der Waals surface area contributed by atoms with E-state index in [0.29, 0.717) is 6.42 Å². The van der Waals surface area contributed by atoms with Crippen LogP contribution < -0.4 is 5.73 Å². The van der Waals surface area contributed by atoms with Gasteiger partial charge in [0.2, 0.25) is 0 Å². The minimum absolute atomic E-state index is 0.140. The van der Waals surface area contributed by atoms with Gasteiger partial charge in [-0.2, -0.15) is 0 Å². The maximum atomic E-state index is 6.14. The van der Waals surface area contributed by atoms with Crippen molar-refractivity contribution in [3.8, 4) is 0 Å². The average molecular weight is 377 g/mol. The minimum Gasteiger partial charge on any atom is -0.322 e. The third-order valence-electron chi connectivity index (χ3n) is 2.28. The molecule has 0 amide bonds. The SMILES string of the molecule is Cc1nc(CC(N)c2ncc(Br)cc2Br)cs1. The smallest absolute Gasteiger partial charge is 0.0897 e. The van der Waals surface area contributed by atoms with Crippen LogP contribution in [0.5, 0.6) is 0 Å². The molecular weight excluding hydrogens is 366 g/mol. The Kier molecular flexibility index (Phi) is 4.30. The molecule has 0 fully saturated rings. The van der Waals surface area contributed by atoms with Crippen molar-refractivity contribution in [3.05, 3.63) is 43.0 Å². The second-order valence-electron chi connectivity index (χ2n) is 3.69. The van der Waals surface area contributed by atoms with Crippen LogP contribution in [0.4, 0.5) is 0 Å². The Balaban J connectivity index is 2.17. The summed E-state index contributed by atoms with van der Waals surface area (Å²) in [5, 5.41) is 3.11. The fourth-order valence-electron chi connectivity index (χ4n) is 1.52. The summed E-state index contributed by atoms with van der Waals surface area (Å²) < 4.78 is 1.86. The zero-order valence-corrected chi connectivity index (χ0v) is 13.1. The topological polar surface area (TPSA) is 51.8 Å².